The maximum absolute atomic E-state index is 14.8. The van der Waals surface area contributed by atoms with Crippen LogP contribution in [0.4, 0.5) is 0 Å². The number of thiocarbonyl (C=S) groups is 4. The molecule has 0 saturated carbocycles. The average molecular weight is 1650 g/mol. The number of carboxylic acid groups (broad SMARTS) is 1. The van der Waals surface area contributed by atoms with Crippen molar-refractivity contribution in [1.29, 1.82) is 0 Å². The molecule has 0 bridgehead atoms. The average Bonchev–Trinajstić information content (AvgIpc) is 0.826. The zero-order chi connectivity index (χ0) is 81.3. The Morgan fingerprint density at radius 2 is 0.670 bits per heavy atom. The Hall–Kier alpha value is -6.51. The van der Waals surface area contributed by atoms with Crippen LogP contribution in [0.15, 0.2) is 97.1 Å². The number of amides is 2. The van der Waals surface area contributed by atoms with Gasteiger partial charge in [-0.25, -0.2) is 4.79 Å². The molecule has 4 aliphatic heterocycles. The normalized spacial score (nSPS) is 28.6. The van der Waals surface area contributed by atoms with Crippen LogP contribution in [0.3, 0.4) is 0 Å². The molecule has 0 aliphatic carbocycles. The molecule has 4 saturated heterocycles. The molecule has 4 aromatic carbocycles. The molecule has 4 aromatic rings. The quantitative estimate of drug-likeness (QED) is 0.0183. The van der Waals surface area contributed by atoms with Crippen molar-refractivity contribution in [3.8, 4) is 23.0 Å². The SMILES string of the molecule is CC1C(CO)OC(Oc2ccc(CC(=S)NCCCCC(NC(=O)C(CCCCNC(=S)Cc3ccc(OC4OC(CO)C(O)C(O)C4O)cc3)NC(=S)Cc3ccc(OC4OC(CO)C(O)C(O)C4O)cc3)C(=O)NC(CCCCCC(=S)Cc3ccc(OC4OC(CO)C(O)C(O)C4O)cc3)C(=O)O)cc2)C(O)C1O. The van der Waals surface area contributed by atoms with Crippen molar-refractivity contribution in [2.24, 2.45) is 5.92 Å². The number of carboxylic acids is 1. The molecule has 21 N–H and O–H groups in total. The number of aliphatic carboxylic acids is 1. The summed E-state index contributed by atoms with van der Waals surface area (Å²) in [5, 5.41) is 178. The number of carbonyl (C=O) groups excluding carboxylic acids is 2. The van der Waals surface area contributed by atoms with E-state index in [1.54, 1.807) is 104 Å². The van der Waals surface area contributed by atoms with E-state index < -0.39 is 178 Å². The van der Waals surface area contributed by atoms with Gasteiger partial charge in [0, 0.05) is 44.7 Å². The third kappa shape index (κ3) is 26.8. The second kappa shape index (κ2) is 45.1. The molecule has 620 valence electrons. The standard InChI is InChI=1S/C76H105N5O27S4/c1-39-52(35-82)105-73(66(93)59(39)86)101-45-23-15-41(16-24-45)32-57(111)78-30-8-6-11-50(71(98)81-51(72(99)100)12-4-2-3-9-48(109)31-40-13-21-44(22-14-40)102-74-67(94)63(90)60(87)53(36-83)106-74)80-70(97)49(79-58(112)34-43-19-27-47(28-20-43)104-76-69(96)65(92)62(89)55(38-85)108-76)10-5-7-29-77-56(110)33-42-17-25-46(26-18-42)103-75-68(95)64(91)61(88)54(37-84)107-75/h13-28,39,49-55,59-69,73-76,82-96H,2-12,29-38H2,1H3,(H,77,110)(H,78,111)(H,79,112)(H,80,97)(H,81,98)(H,99,100). The lowest BCUT2D eigenvalue weighted by atomic mass is 9.91. The van der Waals surface area contributed by atoms with Gasteiger partial charge >= 0.3 is 5.97 Å². The van der Waals surface area contributed by atoms with E-state index in [9.17, 15) is 96.1 Å². The first kappa shape index (κ1) is 91.0. The van der Waals surface area contributed by atoms with Gasteiger partial charge in [0.05, 0.1) is 53.6 Å². The van der Waals surface area contributed by atoms with Gasteiger partial charge in [0.15, 0.2) is 0 Å². The minimum Gasteiger partial charge on any atom is -0.480 e. The highest BCUT2D eigenvalue weighted by molar-refractivity contribution is 7.81. The van der Waals surface area contributed by atoms with Crippen molar-refractivity contribution in [2.45, 2.75) is 238 Å². The summed E-state index contributed by atoms with van der Waals surface area (Å²) in [4.78, 5) is 44.2. The zero-order valence-corrected chi connectivity index (χ0v) is 64.9. The molecule has 4 heterocycles. The largest absolute Gasteiger partial charge is 0.480 e. The number of rotatable bonds is 42. The van der Waals surface area contributed by atoms with Gasteiger partial charge in [-0.2, -0.15) is 0 Å². The fourth-order valence-corrected chi connectivity index (χ4v) is 14.1. The molecule has 8 rings (SSSR count). The first-order chi connectivity index (χ1) is 53.6. The topological polar surface area (TPSA) is 509 Å². The summed E-state index contributed by atoms with van der Waals surface area (Å²) < 4.78 is 45.2. The Labute approximate surface area is 669 Å². The monoisotopic (exact) mass is 1650 g/mol. The van der Waals surface area contributed by atoms with Gasteiger partial charge in [0.25, 0.3) is 0 Å². The smallest absolute Gasteiger partial charge is 0.326 e. The lowest BCUT2D eigenvalue weighted by Gasteiger charge is -2.40. The molecule has 0 spiro atoms. The molecule has 112 heavy (non-hydrogen) atoms. The minimum atomic E-state index is -1.67. The van der Waals surface area contributed by atoms with Crippen molar-refractivity contribution in [2.75, 3.05) is 39.5 Å². The van der Waals surface area contributed by atoms with E-state index in [1.165, 1.54) is 0 Å². The molecule has 23 atom stereocenters. The zero-order valence-electron chi connectivity index (χ0n) is 61.6. The summed E-state index contributed by atoms with van der Waals surface area (Å²) in [7, 11) is 0. The number of aliphatic hydroxyl groups is 15. The van der Waals surface area contributed by atoms with Crippen molar-refractivity contribution in [3.05, 3.63) is 119 Å². The fraction of sp³-hybridized carbons (Fsp3) is 0.592. The van der Waals surface area contributed by atoms with Gasteiger partial charge in [0.2, 0.25) is 37.0 Å². The molecule has 23 unspecified atom stereocenters. The molecule has 2 amide bonds. The first-order valence-electron chi connectivity index (χ1n) is 37.3. The van der Waals surface area contributed by atoms with Gasteiger partial charge in [0.1, 0.15) is 120 Å². The Morgan fingerprint density at radius 1 is 0.366 bits per heavy atom. The fourth-order valence-electron chi connectivity index (χ4n) is 13.0. The number of benzene rings is 4. The maximum atomic E-state index is 14.8. The highest BCUT2D eigenvalue weighted by Crippen LogP contribution is 2.31. The second-order valence-electron chi connectivity index (χ2n) is 28.3. The molecule has 0 aromatic heterocycles. The minimum absolute atomic E-state index is 0.0423. The van der Waals surface area contributed by atoms with Crippen molar-refractivity contribution < 1.29 is 134 Å². The summed E-state index contributed by atoms with van der Waals surface area (Å²) in [5.41, 5.74) is 3.10. The summed E-state index contributed by atoms with van der Waals surface area (Å²) >= 11 is 23.0. The van der Waals surface area contributed by atoms with Gasteiger partial charge in [-0.15, -0.1) is 0 Å². The predicted molar refractivity (Wildman–Crippen MR) is 417 cm³/mol. The second-order valence-corrected chi connectivity index (χ2v) is 30.4. The van der Waals surface area contributed by atoms with Crippen LogP contribution in [0, 0.1) is 5.92 Å². The summed E-state index contributed by atoms with van der Waals surface area (Å²) in [5.74, 6) is -2.08. The lowest BCUT2D eigenvalue weighted by molar-refractivity contribution is -0.277. The van der Waals surface area contributed by atoms with Crippen LogP contribution in [0.1, 0.15) is 99.8 Å². The van der Waals surface area contributed by atoms with Gasteiger partial charge in [-0.3, -0.25) is 9.59 Å². The number of carbonyl (C=O) groups is 3. The Bertz CT molecular complexity index is 3620. The number of ether oxygens (including phenoxy) is 8. The van der Waals surface area contributed by atoms with E-state index in [0.717, 1.165) is 21.6 Å². The van der Waals surface area contributed by atoms with E-state index >= 15 is 0 Å². The molecule has 36 heteroatoms. The molecule has 0 radical (unpaired) electrons. The molecular formula is C76H105N5O27S4. The van der Waals surface area contributed by atoms with Crippen molar-refractivity contribution in [3.63, 3.8) is 0 Å². The van der Waals surface area contributed by atoms with E-state index in [-0.39, 0.29) is 48.8 Å². The van der Waals surface area contributed by atoms with E-state index in [1.807, 2.05) is 0 Å². The summed E-state index contributed by atoms with van der Waals surface area (Å²) in [6.07, 6.45) is -21.4. The van der Waals surface area contributed by atoms with E-state index in [2.05, 4.69) is 26.6 Å². The maximum Gasteiger partial charge on any atom is 0.326 e. The van der Waals surface area contributed by atoms with E-state index in [0.29, 0.717) is 111 Å². The van der Waals surface area contributed by atoms with Gasteiger partial charge < -0.3 is 146 Å². The van der Waals surface area contributed by atoms with Crippen LogP contribution in [-0.4, -0.2) is 294 Å². The van der Waals surface area contributed by atoms with Crippen LogP contribution in [-0.2, 0) is 59.0 Å². The molecule has 32 nitrogen and oxygen atoms in total. The predicted octanol–water partition coefficient (Wildman–Crippen LogP) is -1.22. The Balaban J connectivity index is 0.893. The number of nitrogens with one attached hydrogen (secondary N) is 5. The van der Waals surface area contributed by atoms with Gasteiger partial charge in [-0.1, -0.05) is 117 Å². The molecule has 4 fully saturated rings. The van der Waals surface area contributed by atoms with Crippen LogP contribution < -0.4 is 45.5 Å². The lowest BCUT2D eigenvalue weighted by Crippen LogP contribution is -2.60. The number of unbranched alkanes of at least 4 members (excludes halogenated alkanes) is 4. The van der Waals surface area contributed by atoms with Crippen molar-refractivity contribution in [1.82, 2.24) is 26.6 Å². The van der Waals surface area contributed by atoms with Crippen LogP contribution in [0.2, 0.25) is 0 Å². The highest BCUT2D eigenvalue weighted by atomic mass is 32.1. The van der Waals surface area contributed by atoms with Crippen LogP contribution in [0.25, 0.3) is 0 Å². The Morgan fingerprint density at radius 3 is 1.03 bits per heavy atom. The Kier molecular flexibility index (Phi) is 36.7. The number of hydrogen-bond donors (Lipinski definition) is 21. The number of hydrogen-bond acceptors (Lipinski definition) is 30. The summed E-state index contributed by atoms with van der Waals surface area (Å²) in [6, 6.07) is 23.1. The molecule has 4 aliphatic rings. The third-order valence-electron chi connectivity index (χ3n) is 19.8. The van der Waals surface area contributed by atoms with Crippen LogP contribution in [0.5, 0.6) is 23.0 Å². The molecular weight excluding hydrogens is 1540 g/mol. The van der Waals surface area contributed by atoms with Gasteiger partial charge in [-0.05, 0) is 133 Å². The van der Waals surface area contributed by atoms with Crippen LogP contribution >= 0.6 is 48.9 Å². The highest BCUT2D eigenvalue weighted by Gasteiger charge is 2.48. The first-order valence-corrected chi connectivity index (χ1v) is 39.0. The number of aliphatic hydroxyl groups excluding tert-OH is 15. The third-order valence-corrected chi connectivity index (χ3v) is 21.0. The van der Waals surface area contributed by atoms with E-state index in [4.69, 9.17) is 86.8 Å². The van der Waals surface area contributed by atoms with Crippen molar-refractivity contribution >= 4 is 86.5 Å². The summed E-state index contributed by atoms with van der Waals surface area (Å²) in [6.45, 7) is 0.134.